The average Bonchev–Trinajstić information content (AvgIpc) is 1.38. The molecule has 0 amide bonds. The number of hydrogen-bond donors (Lipinski definition) is 0. The first-order chi connectivity index (χ1) is 2.27. The molecule has 5 heavy (non-hydrogen) atoms. The molecule has 0 aromatic carbocycles. The van der Waals surface area contributed by atoms with Gasteiger partial charge in [-0.1, -0.05) is 0 Å². The van der Waals surface area contributed by atoms with Crippen LogP contribution < -0.4 is 0 Å². The lowest BCUT2D eigenvalue weighted by Gasteiger charge is -1.69. The fourth-order valence-electron chi connectivity index (χ4n) is 0. The van der Waals surface area contributed by atoms with Crippen molar-refractivity contribution in [3.63, 3.8) is 0 Å². The molecular weight excluding hydrogens is 93.5 g/mol. The highest BCUT2D eigenvalue weighted by molar-refractivity contribution is 6.21. The Hall–Kier alpha value is -0.310. The molecule has 0 spiro atoms. The van der Waals surface area contributed by atoms with Crippen molar-refractivity contribution in [3.8, 4) is 0 Å². The molecule has 29 valence electrons. The van der Waals surface area contributed by atoms with Crippen molar-refractivity contribution in [1.82, 2.24) is 0 Å². The van der Waals surface area contributed by atoms with E-state index >= 15 is 0 Å². The molecule has 0 saturated carbocycles. The topological polar surface area (TPSA) is 43.1 Å². The largest absolute Gasteiger partial charge is 0.367 e. The predicted molar refractivity (Wildman–Crippen MR) is 17.1 cm³/mol. The van der Waals surface area contributed by atoms with E-state index in [4.69, 9.17) is 10.1 Å². The number of nitro groups is 1. The lowest BCUT2D eigenvalue weighted by Crippen LogP contribution is -1.82. The monoisotopic (exact) mass is 94.0 g/mol. The highest BCUT2D eigenvalue weighted by Crippen LogP contribution is 1.79. The van der Waals surface area contributed by atoms with E-state index in [0.717, 1.165) is 0 Å². The Morgan fingerprint density at radius 1 is 2.00 bits per heavy atom. The van der Waals surface area contributed by atoms with Crippen molar-refractivity contribution in [2.24, 2.45) is 0 Å². The maximum absolute atomic E-state index is 8.99. The summed E-state index contributed by atoms with van der Waals surface area (Å²) in [5.41, 5.74) is 0. The summed E-state index contributed by atoms with van der Waals surface area (Å²) in [6.07, 6.45) is 0. The molecule has 0 aromatic heterocycles. The summed E-state index contributed by atoms with van der Waals surface area (Å²) >= 11 is 4.51. The van der Waals surface area contributed by atoms with E-state index in [0.29, 0.717) is 6.00 Å². The van der Waals surface area contributed by atoms with E-state index in [-0.39, 0.29) is 0 Å². The fourth-order valence-corrected chi connectivity index (χ4v) is 0. The van der Waals surface area contributed by atoms with Gasteiger partial charge in [0.1, 0.15) is 0 Å². The quantitative estimate of drug-likeness (QED) is 0.272. The number of nitrogens with zero attached hydrogens (tertiary/aromatic N) is 1. The van der Waals surface area contributed by atoms with Gasteiger partial charge in [0.05, 0.1) is 0 Å². The van der Waals surface area contributed by atoms with E-state index in [1.807, 2.05) is 0 Å². The highest BCUT2D eigenvalue weighted by atomic mass is 35.5. The van der Waals surface area contributed by atoms with Gasteiger partial charge in [0.2, 0.25) is 0 Å². The van der Waals surface area contributed by atoms with Gasteiger partial charge in [0, 0.05) is 4.92 Å². The summed E-state index contributed by atoms with van der Waals surface area (Å²) in [5, 5.41) is 8.99. The minimum Gasteiger partial charge on any atom is -0.263 e. The second-order valence-electron chi connectivity index (χ2n) is 0.383. The Morgan fingerprint density at radius 3 is 2.20 bits per heavy atom. The first-order valence-electron chi connectivity index (χ1n) is 0.842. The molecule has 0 aromatic rings. The van der Waals surface area contributed by atoms with Gasteiger partial charge in [-0.05, 0) is 11.6 Å². The molecule has 0 saturated heterocycles. The van der Waals surface area contributed by atoms with Crippen LogP contribution in [0.25, 0.3) is 0 Å². The van der Waals surface area contributed by atoms with E-state index in [1.54, 1.807) is 0 Å². The smallest absolute Gasteiger partial charge is 0.263 e. The van der Waals surface area contributed by atoms with E-state index < -0.39 is 4.92 Å². The summed E-state index contributed by atoms with van der Waals surface area (Å²) in [6, 6.07) is 0.361. The standard InChI is InChI=1S/CHClNO2/c2-1-3(4)5/h1H. The third kappa shape index (κ3) is 3.69. The van der Waals surface area contributed by atoms with Gasteiger partial charge in [0.15, 0.2) is 0 Å². The first kappa shape index (κ1) is 4.69. The van der Waals surface area contributed by atoms with Crippen LogP contribution in [0.15, 0.2) is 0 Å². The van der Waals surface area contributed by atoms with Crippen molar-refractivity contribution in [1.29, 1.82) is 0 Å². The van der Waals surface area contributed by atoms with Gasteiger partial charge in [-0.25, -0.2) is 0 Å². The molecule has 0 rings (SSSR count). The lowest BCUT2D eigenvalue weighted by molar-refractivity contribution is -0.421. The predicted octanol–water partition coefficient (Wildman–Crippen LogP) is 0.621. The fraction of sp³-hybridized carbons (Fsp3) is 0. The second kappa shape index (κ2) is 1.96. The summed E-state index contributed by atoms with van der Waals surface area (Å²) in [7, 11) is 0. The van der Waals surface area contributed by atoms with Crippen LogP contribution >= 0.6 is 11.6 Å². The highest BCUT2D eigenvalue weighted by Gasteiger charge is 1.84. The van der Waals surface area contributed by atoms with Gasteiger partial charge in [-0.2, -0.15) is 0 Å². The van der Waals surface area contributed by atoms with E-state index in [2.05, 4.69) is 11.6 Å². The molecule has 0 aliphatic heterocycles. The number of halogens is 1. The Bertz CT molecular complexity index is 44.9. The molecule has 0 atom stereocenters. The van der Waals surface area contributed by atoms with Gasteiger partial charge >= 0.3 is 6.00 Å². The molecule has 0 unspecified atom stereocenters. The van der Waals surface area contributed by atoms with Gasteiger partial charge in [-0.15, -0.1) is 0 Å². The Balaban J connectivity index is 2.85. The minimum atomic E-state index is -0.735. The zero-order chi connectivity index (χ0) is 4.28. The zero-order valence-electron chi connectivity index (χ0n) is 2.22. The minimum absolute atomic E-state index is 0.361. The van der Waals surface area contributed by atoms with Gasteiger partial charge in [-0.3, -0.25) is 10.1 Å². The Morgan fingerprint density at radius 2 is 2.20 bits per heavy atom. The number of rotatable bonds is 1. The molecule has 0 N–H and O–H groups in total. The zero-order valence-corrected chi connectivity index (χ0v) is 2.97. The average molecular weight is 94.5 g/mol. The van der Waals surface area contributed by atoms with Crippen LogP contribution in [0.4, 0.5) is 0 Å². The van der Waals surface area contributed by atoms with Gasteiger partial charge < -0.3 is 0 Å². The lowest BCUT2D eigenvalue weighted by atomic mass is 11.5. The van der Waals surface area contributed by atoms with Crippen LogP contribution in [0.1, 0.15) is 0 Å². The Labute approximate surface area is 33.7 Å². The summed E-state index contributed by atoms with van der Waals surface area (Å²) in [5.74, 6) is 0. The van der Waals surface area contributed by atoms with Crippen LogP contribution in [0, 0.1) is 16.1 Å². The van der Waals surface area contributed by atoms with Crippen molar-refractivity contribution in [3.05, 3.63) is 16.1 Å². The molecule has 0 bridgehead atoms. The van der Waals surface area contributed by atoms with Gasteiger partial charge in [0.25, 0.3) is 0 Å². The third-order valence-electron chi connectivity index (χ3n) is 0.0797. The molecule has 3 nitrogen and oxygen atoms in total. The third-order valence-corrected chi connectivity index (χ3v) is 0.239. The SMILES string of the molecule is O=[N+]([O-])[CH]Cl. The van der Waals surface area contributed by atoms with Crippen LogP contribution in [-0.2, 0) is 0 Å². The van der Waals surface area contributed by atoms with Crippen molar-refractivity contribution >= 4 is 11.6 Å². The molecule has 0 fully saturated rings. The van der Waals surface area contributed by atoms with Crippen molar-refractivity contribution in [2.45, 2.75) is 0 Å². The Kier molecular flexibility index (Phi) is 1.84. The van der Waals surface area contributed by atoms with Crippen LogP contribution in [0.3, 0.4) is 0 Å². The van der Waals surface area contributed by atoms with Crippen molar-refractivity contribution in [2.75, 3.05) is 0 Å². The molecule has 1 radical (unpaired) electrons. The van der Waals surface area contributed by atoms with Crippen LogP contribution in [0.2, 0.25) is 0 Å². The summed E-state index contributed by atoms with van der Waals surface area (Å²) < 4.78 is 0. The molecule has 0 heterocycles. The second-order valence-corrected chi connectivity index (χ2v) is 0.578. The molecule has 4 heteroatoms. The maximum atomic E-state index is 8.99. The maximum Gasteiger partial charge on any atom is 0.367 e. The first-order valence-corrected chi connectivity index (χ1v) is 1.28. The van der Waals surface area contributed by atoms with Crippen LogP contribution in [-0.4, -0.2) is 4.92 Å². The summed E-state index contributed by atoms with van der Waals surface area (Å²) in [4.78, 5) is 8.25. The van der Waals surface area contributed by atoms with Crippen LogP contribution in [0.5, 0.6) is 0 Å². The van der Waals surface area contributed by atoms with E-state index in [1.165, 1.54) is 0 Å². The normalized spacial score (nSPS) is 7.40. The molecular formula is CHClNO2. The molecule has 0 aliphatic carbocycles. The van der Waals surface area contributed by atoms with Crippen molar-refractivity contribution < 1.29 is 4.92 Å². The molecule has 0 aliphatic rings. The van der Waals surface area contributed by atoms with E-state index in [9.17, 15) is 0 Å². The summed E-state index contributed by atoms with van der Waals surface area (Å²) in [6.45, 7) is 0. The number of hydrogen-bond acceptors (Lipinski definition) is 2.